The highest BCUT2D eigenvalue weighted by Gasteiger charge is 2.30. The highest BCUT2D eigenvalue weighted by atomic mass is 31.2. The molecule has 106 heavy (non-hydrogen) atoms. The van der Waals surface area contributed by atoms with E-state index in [1.165, 1.54) is 77.0 Å². The van der Waals surface area contributed by atoms with Crippen molar-refractivity contribution in [2.24, 2.45) is 0 Å². The van der Waals surface area contributed by atoms with Crippen LogP contribution >= 0.6 is 15.6 Å². The monoisotopic (exact) mass is 1520 g/mol. The molecule has 0 bridgehead atoms. The van der Waals surface area contributed by atoms with Crippen LogP contribution in [0.1, 0.15) is 297 Å². The van der Waals surface area contributed by atoms with Crippen molar-refractivity contribution in [2.45, 2.75) is 316 Å². The van der Waals surface area contributed by atoms with Gasteiger partial charge < -0.3 is 33.8 Å². The Hall–Kier alpha value is -5.58. The Balaban J connectivity index is 5.55. The third-order valence-electron chi connectivity index (χ3n) is 16.1. The van der Waals surface area contributed by atoms with Crippen molar-refractivity contribution >= 4 is 39.5 Å². The second kappa shape index (κ2) is 77.6. The van der Waals surface area contributed by atoms with Gasteiger partial charge in [0.15, 0.2) is 12.2 Å². The summed E-state index contributed by atoms with van der Waals surface area (Å²) in [6.07, 6.45) is 92.1. The topological polar surface area (TPSA) is 237 Å². The highest BCUT2D eigenvalue weighted by molar-refractivity contribution is 7.47. The van der Waals surface area contributed by atoms with Crippen molar-refractivity contribution in [1.29, 1.82) is 0 Å². The fraction of sp³-hybridized carbons (Fsp3) is 0.632. The number of phosphoric acid groups is 2. The lowest BCUT2D eigenvalue weighted by Crippen LogP contribution is -2.30. The molecule has 602 valence electrons. The molecule has 19 heteroatoms. The molecule has 0 aromatic rings. The third-order valence-corrected chi connectivity index (χ3v) is 18.0. The van der Waals surface area contributed by atoms with Crippen molar-refractivity contribution in [1.82, 2.24) is 0 Å². The number of rotatable bonds is 74. The largest absolute Gasteiger partial charge is 0.472 e. The molecule has 3 N–H and O–H groups in total. The number of hydrogen-bond acceptors (Lipinski definition) is 15. The lowest BCUT2D eigenvalue weighted by atomic mass is 10.1. The van der Waals surface area contributed by atoms with E-state index < -0.39 is 97.5 Å². The standard InChI is InChI=1S/C87H142O17P2/c1-5-9-13-17-21-25-29-33-37-40-44-48-52-56-60-64-68-72-85(90)98-78-83(104-87(92)74-70-66-62-58-54-50-46-42-39-35-31-27-23-19-15-11-7-3)80-102-106(95,96)100-76-81(88)75-99-105(93,94)101-79-82(77-97-84(89)71-67-63-59-55-51-47-43-36-32-28-24-20-16-12-8-4)103-86(91)73-69-65-61-57-53-49-45-41-38-34-30-26-22-18-14-10-6-2/h21-28,33-39,43-46,48-50,56-58,60-62,81-83,88H,5-20,29-32,40-42,47,51-55,59,63-80H2,1-4H3,(H,93,94)(H,95,96)/b25-21-,26-22-,27-23-,28-24-,37-33-,38-34-,39-35-,43-36-,48-44-,49-45-,50-46-,60-56-,61-57-,62-58-/t81-,82-,83-/m1/s1. The number of phosphoric ester groups is 2. The van der Waals surface area contributed by atoms with E-state index in [2.05, 4.69) is 161 Å². The Bertz CT molecular complexity index is 2680. The van der Waals surface area contributed by atoms with E-state index in [-0.39, 0.29) is 25.7 Å². The van der Waals surface area contributed by atoms with Gasteiger partial charge in [0.2, 0.25) is 0 Å². The third kappa shape index (κ3) is 76.6. The van der Waals surface area contributed by atoms with Crippen LogP contribution in [0.2, 0.25) is 0 Å². The van der Waals surface area contributed by atoms with E-state index in [1.54, 1.807) is 0 Å². The van der Waals surface area contributed by atoms with Gasteiger partial charge in [0.1, 0.15) is 19.3 Å². The van der Waals surface area contributed by atoms with Crippen molar-refractivity contribution in [3.8, 4) is 0 Å². The summed E-state index contributed by atoms with van der Waals surface area (Å²) in [6.45, 7) is 4.54. The summed E-state index contributed by atoms with van der Waals surface area (Å²) in [5, 5.41) is 10.6. The van der Waals surface area contributed by atoms with Gasteiger partial charge in [-0.1, -0.05) is 268 Å². The molecule has 0 saturated carbocycles. The molecule has 0 aliphatic rings. The van der Waals surface area contributed by atoms with Gasteiger partial charge in [0.05, 0.1) is 26.4 Å². The lowest BCUT2D eigenvalue weighted by molar-refractivity contribution is -0.161. The number of allylic oxidation sites excluding steroid dienone is 28. The van der Waals surface area contributed by atoms with Gasteiger partial charge in [-0.3, -0.25) is 37.3 Å². The predicted molar refractivity (Wildman–Crippen MR) is 436 cm³/mol. The first-order chi connectivity index (χ1) is 51.7. The summed E-state index contributed by atoms with van der Waals surface area (Å²) >= 11 is 0. The van der Waals surface area contributed by atoms with E-state index in [0.29, 0.717) is 44.9 Å². The zero-order valence-electron chi connectivity index (χ0n) is 65.8. The van der Waals surface area contributed by atoms with Gasteiger partial charge in [-0.15, -0.1) is 0 Å². The number of unbranched alkanes of at least 4 members (excludes halogenated alkanes) is 20. The minimum Gasteiger partial charge on any atom is -0.462 e. The quantitative estimate of drug-likeness (QED) is 0.0169. The molecule has 0 aliphatic heterocycles. The molecule has 0 radical (unpaired) electrons. The van der Waals surface area contributed by atoms with Gasteiger partial charge in [-0.25, -0.2) is 9.13 Å². The first kappa shape index (κ1) is 100. The molecule has 0 aromatic carbocycles. The SMILES string of the molecule is CCCCC/C=C\C/C=C\C/C=C\C/C=C\CCCC(=O)OC[C@H](COP(=O)(O)OC[C@H](O)COP(=O)(O)OC[C@@H](COC(=O)CCCCCCC/C=C\C/C=C\CCCCC)OC(=O)CCC/C=C\C/C=C\C/C=C\C/C=C\CCCCC)OC(=O)CCC/C=C\C/C=C\C/C=C\C/C=C\CCCCC. The van der Waals surface area contributed by atoms with Crippen LogP contribution in [-0.2, 0) is 65.4 Å². The van der Waals surface area contributed by atoms with Crippen molar-refractivity contribution < 1.29 is 80.2 Å². The van der Waals surface area contributed by atoms with Gasteiger partial charge in [-0.05, 0) is 173 Å². The number of aliphatic hydroxyl groups excluding tert-OH is 1. The fourth-order valence-corrected chi connectivity index (χ4v) is 11.5. The lowest BCUT2D eigenvalue weighted by Gasteiger charge is -2.21. The van der Waals surface area contributed by atoms with Crippen molar-refractivity contribution in [3.63, 3.8) is 0 Å². The molecular weight excluding hydrogens is 1380 g/mol. The summed E-state index contributed by atoms with van der Waals surface area (Å²) in [4.78, 5) is 73.0. The number of ether oxygens (including phenoxy) is 4. The van der Waals surface area contributed by atoms with Crippen LogP contribution in [-0.4, -0.2) is 96.7 Å². The second-order valence-electron chi connectivity index (χ2n) is 26.3. The number of carbonyl (C=O) groups is 4. The Morgan fingerprint density at radius 1 is 0.264 bits per heavy atom. The Morgan fingerprint density at radius 2 is 0.472 bits per heavy atom. The maximum atomic E-state index is 13.1. The number of aliphatic hydroxyl groups is 1. The normalized spacial score (nSPS) is 14.7. The van der Waals surface area contributed by atoms with Crippen LogP contribution in [0.5, 0.6) is 0 Å². The second-order valence-corrected chi connectivity index (χ2v) is 29.2. The van der Waals surface area contributed by atoms with Crippen LogP contribution in [0.25, 0.3) is 0 Å². The molecule has 0 fully saturated rings. The molecule has 5 atom stereocenters. The highest BCUT2D eigenvalue weighted by Crippen LogP contribution is 2.45. The molecule has 0 heterocycles. The first-order valence-electron chi connectivity index (χ1n) is 40.4. The molecule has 0 spiro atoms. The van der Waals surface area contributed by atoms with Gasteiger partial charge in [0, 0.05) is 25.7 Å². The fourth-order valence-electron chi connectivity index (χ4n) is 9.93. The van der Waals surface area contributed by atoms with Crippen LogP contribution in [0.3, 0.4) is 0 Å². The van der Waals surface area contributed by atoms with Crippen molar-refractivity contribution in [2.75, 3.05) is 39.6 Å². The smallest absolute Gasteiger partial charge is 0.462 e. The molecule has 0 saturated heterocycles. The van der Waals surface area contributed by atoms with Gasteiger partial charge in [0.25, 0.3) is 0 Å². The van der Waals surface area contributed by atoms with Crippen LogP contribution in [0, 0.1) is 0 Å². The van der Waals surface area contributed by atoms with E-state index >= 15 is 0 Å². The molecule has 0 rings (SSSR count). The van der Waals surface area contributed by atoms with Crippen LogP contribution < -0.4 is 0 Å². The summed E-state index contributed by atoms with van der Waals surface area (Å²) in [7, 11) is -10.0. The number of hydrogen-bond donors (Lipinski definition) is 3. The van der Waals surface area contributed by atoms with Gasteiger partial charge in [-0.2, -0.15) is 0 Å². The maximum Gasteiger partial charge on any atom is 0.472 e. The zero-order valence-corrected chi connectivity index (χ0v) is 67.6. The minimum atomic E-state index is -5.02. The molecule has 0 aliphatic carbocycles. The predicted octanol–water partition coefficient (Wildman–Crippen LogP) is 23.8. The van der Waals surface area contributed by atoms with Crippen molar-refractivity contribution in [3.05, 3.63) is 170 Å². The molecule has 0 aromatic heterocycles. The summed E-state index contributed by atoms with van der Waals surface area (Å²) in [5.74, 6) is -2.40. The van der Waals surface area contributed by atoms with E-state index in [4.69, 9.17) is 37.0 Å². The molecule has 17 nitrogen and oxygen atoms in total. The first-order valence-corrected chi connectivity index (χ1v) is 43.4. The Morgan fingerprint density at radius 3 is 0.745 bits per heavy atom. The molecular formula is C87H142O17P2. The molecule has 0 amide bonds. The maximum absolute atomic E-state index is 13.1. The zero-order chi connectivity index (χ0) is 77.4. The Kier molecular flexibility index (Phi) is 73.5. The number of esters is 4. The van der Waals surface area contributed by atoms with E-state index in [0.717, 1.165) is 122 Å². The summed E-state index contributed by atoms with van der Waals surface area (Å²) in [5.41, 5.74) is 0. The minimum absolute atomic E-state index is 0.000270. The Labute approximate surface area is 642 Å². The summed E-state index contributed by atoms with van der Waals surface area (Å²) in [6, 6.07) is 0. The van der Waals surface area contributed by atoms with E-state index in [9.17, 15) is 43.2 Å². The van der Waals surface area contributed by atoms with Crippen LogP contribution in [0.15, 0.2) is 170 Å². The van der Waals surface area contributed by atoms with Crippen LogP contribution in [0.4, 0.5) is 0 Å². The van der Waals surface area contributed by atoms with E-state index in [1.807, 2.05) is 36.5 Å². The van der Waals surface area contributed by atoms with Gasteiger partial charge >= 0.3 is 39.5 Å². The summed E-state index contributed by atoms with van der Waals surface area (Å²) < 4.78 is 68.4. The average molecular weight is 1520 g/mol. The number of carbonyl (C=O) groups excluding carboxylic acids is 4. The molecule has 2 unspecified atom stereocenters. The average Bonchev–Trinajstić information content (AvgIpc) is 0.905.